The van der Waals surface area contributed by atoms with Crippen LogP contribution in [0.4, 0.5) is 0 Å². The second-order valence-electron chi connectivity index (χ2n) is 5.59. The molecular weight excluding hydrogens is 236 g/mol. The van der Waals surface area contributed by atoms with Crippen LogP contribution in [0.25, 0.3) is 0 Å². The lowest BCUT2D eigenvalue weighted by atomic mass is 9.88. The first-order valence-corrected chi connectivity index (χ1v) is 7.89. The summed E-state index contributed by atoms with van der Waals surface area (Å²) in [5.41, 5.74) is 0.312. The Morgan fingerprint density at radius 3 is 2.63 bits per heavy atom. The zero-order chi connectivity index (χ0) is 14.1. The number of piperazine rings is 1. The van der Waals surface area contributed by atoms with E-state index in [1.807, 2.05) is 6.08 Å². The molecule has 0 aromatic rings. The summed E-state index contributed by atoms with van der Waals surface area (Å²) < 4.78 is 5.67. The van der Waals surface area contributed by atoms with E-state index in [9.17, 15) is 0 Å². The maximum atomic E-state index is 5.67. The van der Waals surface area contributed by atoms with E-state index in [1.54, 1.807) is 0 Å². The van der Waals surface area contributed by atoms with Gasteiger partial charge in [-0.15, -0.1) is 6.58 Å². The van der Waals surface area contributed by atoms with Crippen LogP contribution >= 0.6 is 0 Å². The summed E-state index contributed by atoms with van der Waals surface area (Å²) >= 11 is 0. The third-order valence-corrected chi connectivity index (χ3v) is 4.55. The van der Waals surface area contributed by atoms with Gasteiger partial charge in [0.25, 0.3) is 0 Å². The summed E-state index contributed by atoms with van der Waals surface area (Å²) in [6.07, 6.45) is 6.48. The Kier molecular flexibility index (Phi) is 7.66. The van der Waals surface area contributed by atoms with Crippen LogP contribution in [-0.4, -0.2) is 49.3 Å². The largest absolute Gasteiger partial charge is 0.380 e. The minimum Gasteiger partial charge on any atom is -0.380 e. The number of nitrogens with zero attached hydrogens (tertiary/aromatic N) is 1. The van der Waals surface area contributed by atoms with Crippen LogP contribution in [0.5, 0.6) is 0 Å². The monoisotopic (exact) mass is 268 g/mol. The van der Waals surface area contributed by atoms with Crippen LogP contribution in [0.15, 0.2) is 12.7 Å². The molecule has 1 saturated heterocycles. The highest BCUT2D eigenvalue weighted by Gasteiger charge is 2.35. The molecule has 3 heteroatoms. The van der Waals surface area contributed by atoms with Gasteiger partial charge in [0.2, 0.25) is 0 Å². The van der Waals surface area contributed by atoms with Crippen LogP contribution in [0.3, 0.4) is 0 Å². The molecule has 1 rings (SSSR count). The van der Waals surface area contributed by atoms with Crippen molar-refractivity contribution in [3.8, 4) is 0 Å². The van der Waals surface area contributed by atoms with Crippen LogP contribution < -0.4 is 5.32 Å². The van der Waals surface area contributed by atoms with Gasteiger partial charge in [-0.3, -0.25) is 4.90 Å². The molecule has 0 aliphatic carbocycles. The fraction of sp³-hybridized carbons (Fsp3) is 0.875. The zero-order valence-corrected chi connectivity index (χ0v) is 13.1. The minimum atomic E-state index is 0.312. The lowest BCUT2D eigenvalue weighted by Gasteiger charge is -2.47. The van der Waals surface area contributed by atoms with Crippen molar-refractivity contribution in [2.24, 2.45) is 0 Å². The molecule has 0 spiro atoms. The van der Waals surface area contributed by atoms with Gasteiger partial charge >= 0.3 is 0 Å². The number of rotatable bonds is 9. The van der Waals surface area contributed by atoms with Gasteiger partial charge in [0, 0.05) is 31.2 Å². The van der Waals surface area contributed by atoms with Gasteiger partial charge < -0.3 is 10.1 Å². The summed E-state index contributed by atoms with van der Waals surface area (Å²) in [5, 5.41) is 3.78. The number of hydrogen-bond donors (Lipinski definition) is 1. The smallest absolute Gasteiger partial charge is 0.0593 e. The van der Waals surface area contributed by atoms with Crippen LogP contribution in [0.2, 0.25) is 0 Å². The molecule has 19 heavy (non-hydrogen) atoms. The van der Waals surface area contributed by atoms with Crippen LogP contribution in [0.1, 0.15) is 46.5 Å². The second kappa shape index (κ2) is 8.72. The first kappa shape index (κ1) is 16.7. The molecule has 0 amide bonds. The maximum absolute atomic E-state index is 5.67. The van der Waals surface area contributed by atoms with Gasteiger partial charge in [0.1, 0.15) is 0 Å². The van der Waals surface area contributed by atoms with Gasteiger partial charge in [-0.05, 0) is 25.7 Å². The highest BCUT2D eigenvalue weighted by Crippen LogP contribution is 2.23. The highest BCUT2D eigenvalue weighted by atomic mass is 16.5. The van der Waals surface area contributed by atoms with Crippen molar-refractivity contribution in [1.29, 1.82) is 0 Å². The average molecular weight is 268 g/mol. The summed E-state index contributed by atoms with van der Waals surface area (Å²) in [6, 6.07) is 0.661. The molecule has 1 fully saturated rings. The quantitative estimate of drug-likeness (QED) is 0.514. The molecular formula is C16H32N2O. The van der Waals surface area contributed by atoms with Gasteiger partial charge in [-0.2, -0.15) is 0 Å². The standard InChI is InChI=1S/C16H32N2O/c1-5-9-11-19-12-10-18-14-16(7-3,8-4)17-13-15(18)6-2/h5,15,17H,1,6-14H2,2-4H3. The van der Waals surface area contributed by atoms with E-state index in [1.165, 1.54) is 19.3 Å². The summed E-state index contributed by atoms with van der Waals surface area (Å²) in [6.45, 7) is 15.6. The van der Waals surface area contributed by atoms with Crippen molar-refractivity contribution in [1.82, 2.24) is 10.2 Å². The Balaban J connectivity index is 2.43. The molecule has 0 aromatic carbocycles. The molecule has 1 atom stereocenters. The Hall–Kier alpha value is -0.380. The Morgan fingerprint density at radius 2 is 2.05 bits per heavy atom. The molecule has 1 N–H and O–H groups in total. The number of nitrogens with one attached hydrogen (secondary N) is 1. The minimum absolute atomic E-state index is 0.312. The van der Waals surface area contributed by atoms with E-state index in [-0.39, 0.29) is 0 Å². The lowest BCUT2D eigenvalue weighted by Crippen LogP contribution is -2.64. The molecule has 0 aromatic heterocycles. The van der Waals surface area contributed by atoms with Crippen molar-refractivity contribution < 1.29 is 4.74 Å². The first-order valence-electron chi connectivity index (χ1n) is 7.89. The van der Waals surface area contributed by atoms with Gasteiger partial charge in [-0.1, -0.05) is 26.8 Å². The SMILES string of the molecule is C=CCCOCCN1CC(CC)(CC)NCC1CC. The Morgan fingerprint density at radius 1 is 1.32 bits per heavy atom. The van der Waals surface area contributed by atoms with Gasteiger partial charge in [0.15, 0.2) is 0 Å². The number of hydrogen-bond acceptors (Lipinski definition) is 3. The molecule has 1 heterocycles. The third kappa shape index (κ3) is 4.90. The topological polar surface area (TPSA) is 24.5 Å². The van der Waals surface area contributed by atoms with Crippen molar-refractivity contribution in [2.45, 2.75) is 58.0 Å². The Labute approximate surface area is 119 Å². The van der Waals surface area contributed by atoms with Crippen LogP contribution in [0, 0.1) is 0 Å². The van der Waals surface area contributed by atoms with Crippen molar-refractivity contribution in [3.05, 3.63) is 12.7 Å². The van der Waals surface area contributed by atoms with Gasteiger partial charge in [-0.25, -0.2) is 0 Å². The Bertz CT molecular complexity index is 251. The van der Waals surface area contributed by atoms with Crippen molar-refractivity contribution in [3.63, 3.8) is 0 Å². The molecule has 0 radical (unpaired) electrons. The molecule has 0 saturated carbocycles. The third-order valence-electron chi connectivity index (χ3n) is 4.55. The lowest BCUT2D eigenvalue weighted by molar-refractivity contribution is 0.0369. The van der Waals surface area contributed by atoms with Crippen molar-refractivity contribution in [2.75, 3.05) is 32.8 Å². The second-order valence-corrected chi connectivity index (χ2v) is 5.59. The van der Waals surface area contributed by atoms with E-state index in [2.05, 4.69) is 37.6 Å². The van der Waals surface area contributed by atoms with E-state index in [4.69, 9.17) is 4.74 Å². The van der Waals surface area contributed by atoms with E-state index in [0.29, 0.717) is 11.6 Å². The fourth-order valence-electron chi connectivity index (χ4n) is 2.88. The summed E-state index contributed by atoms with van der Waals surface area (Å²) in [4.78, 5) is 2.62. The summed E-state index contributed by atoms with van der Waals surface area (Å²) in [7, 11) is 0. The molecule has 1 aliphatic rings. The molecule has 1 unspecified atom stereocenters. The van der Waals surface area contributed by atoms with E-state index < -0.39 is 0 Å². The predicted molar refractivity (Wildman–Crippen MR) is 82.6 cm³/mol. The van der Waals surface area contributed by atoms with E-state index in [0.717, 1.165) is 39.3 Å². The van der Waals surface area contributed by atoms with Crippen LogP contribution in [-0.2, 0) is 4.74 Å². The first-order chi connectivity index (χ1) is 9.21. The zero-order valence-electron chi connectivity index (χ0n) is 13.1. The molecule has 1 aliphatic heterocycles. The maximum Gasteiger partial charge on any atom is 0.0593 e. The molecule has 0 bridgehead atoms. The van der Waals surface area contributed by atoms with Crippen molar-refractivity contribution >= 4 is 0 Å². The number of ether oxygens (including phenoxy) is 1. The molecule has 112 valence electrons. The predicted octanol–water partition coefficient (Wildman–Crippen LogP) is 2.82. The fourth-order valence-corrected chi connectivity index (χ4v) is 2.88. The van der Waals surface area contributed by atoms with Gasteiger partial charge in [0.05, 0.1) is 13.2 Å². The highest BCUT2D eigenvalue weighted by molar-refractivity contribution is 4.96. The summed E-state index contributed by atoms with van der Waals surface area (Å²) in [5.74, 6) is 0. The average Bonchev–Trinajstić information content (AvgIpc) is 2.46. The molecule has 3 nitrogen and oxygen atoms in total. The van der Waals surface area contributed by atoms with E-state index >= 15 is 0 Å². The normalized spacial score (nSPS) is 23.4.